The molecule has 1 fully saturated rings. The Labute approximate surface area is 107 Å². The molecule has 4 N–H and O–H groups in total. The zero-order chi connectivity index (χ0) is 13.0. The van der Waals surface area contributed by atoms with E-state index in [1.54, 1.807) is 0 Å². The molecule has 1 aliphatic rings. The summed E-state index contributed by atoms with van der Waals surface area (Å²) >= 11 is 0. The molecule has 1 aromatic rings. The predicted molar refractivity (Wildman–Crippen MR) is 72.7 cm³/mol. The minimum Gasteiger partial charge on any atom is -0.363 e. The van der Waals surface area contributed by atoms with Crippen LogP contribution < -0.4 is 16.6 Å². The van der Waals surface area contributed by atoms with E-state index in [1.165, 1.54) is 25.3 Å². The molecule has 1 aromatic heterocycles. The number of nitrogens with one attached hydrogen (secondary N) is 2. The summed E-state index contributed by atoms with van der Waals surface area (Å²) in [7, 11) is 0. The van der Waals surface area contributed by atoms with E-state index in [1.807, 2.05) is 6.92 Å². The first-order valence-electron chi connectivity index (χ1n) is 6.76. The number of nitrogens with two attached hydrogens (primary N) is 1. The van der Waals surface area contributed by atoms with E-state index in [4.69, 9.17) is 5.73 Å². The van der Waals surface area contributed by atoms with Crippen LogP contribution >= 0.6 is 0 Å². The molecule has 0 spiro atoms. The van der Waals surface area contributed by atoms with Crippen LogP contribution in [0.5, 0.6) is 0 Å². The third-order valence-corrected chi connectivity index (χ3v) is 3.72. The summed E-state index contributed by atoms with van der Waals surface area (Å²) < 4.78 is 0. The molecule has 0 saturated heterocycles. The lowest BCUT2D eigenvalue weighted by atomic mass is 9.81. The van der Waals surface area contributed by atoms with Gasteiger partial charge in [-0.15, -0.1) is 0 Å². The van der Waals surface area contributed by atoms with Gasteiger partial charge in [0.1, 0.15) is 11.6 Å². The number of anilines is 1. The highest BCUT2D eigenvalue weighted by Crippen LogP contribution is 2.30. The summed E-state index contributed by atoms with van der Waals surface area (Å²) in [6.45, 7) is 2.56. The van der Waals surface area contributed by atoms with Crippen LogP contribution in [-0.4, -0.2) is 22.1 Å². The van der Waals surface area contributed by atoms with Crippen LogP contribution in [0, 0.1) is 0 Å². The van der Waals surface area contributed by atoms with E-state index in [-0.39, 0.29) is 11.1 Å². The number of aromatic nitrogens is 2. The van der Waals surface area contributed by atoms with E-state index < -0.39 is 0 Å². The van der Waals surface area contributed by atoms with Gasteiger partial charge in [0.2, 0.25) is 0 Å². The molecule has 0 radical (unpaired) electrons. The third kappa shape index (κ3) is 2.90. The van der Waals surface area contributed by atoms with Crippen molar-refractivity contribution in [3.63, 3.8) is 0 Å². The van der Waals surface area contributed by atoms with E-state index in [0.29, 0.717) is 18.2 Å². The molecule has 0 amide bonds. The molecule has 0 aromatic carbocycles. The second kappa shape index (κ2) is 5.52. The van der Waals surface area contributed by atoms with Crippen LogP contribution in [0.3, 0.4) is 0 Å². The van der Waals surface area contributed by atoms with Crippen molar-refractivity contribution in [3.8, 4) is 0 Å². The molecular weight excluding hydrogens is 228 g/mol. The fourth-order valence-electron chi connectivity index (χ4n) is 2.62. The van der Waals surface area contributed by atoms with Gasteiger partial charge in [0.05, 0.1) is 5.54 Å². The zero-order valence-corrected chi connectivity index (χ0v) is 11.0. The molecule has 0 atom stereocenters. The summed E-state index contributed by atoms with van der Waals surface area (Å²) in [5.74, 6) is 1.37. The van der Waals surface area contributed by atoms with Gasteiger partial charge in [0, 0.05) is 19.0 Å². The Balaban J connectivity index is 2.21. The smallest absolute Gasteiger partial charge is 0.252 e. The van der Waals surface area contributed by atoms with Gasteiger partial charge in [0.15, 0.2) is 0 Å². The van der Waals surface area contributed by atoms with Gasteiger partial charge in [0.25, 0.3) is 5.56 Å². The highest BCUT2D eigenvalue weighted by atomic mass is 16.1. The Kier molecular flexibility index (Phi) is 4.01. The first kappa shape index (κ1) is 13.1. The van der Waals surface area contributed by atoms with E-state index in [2.05, 4.69) is 15.3 Å². The van der Waals surface area contributed by atoms with Gasteiger partial charge in [-0.2, -0.15) is 0 Å². The fourth-order valence-corrected chi connectivity index (χ4v) is 2.62. The van der Waals surface area contributed by atoms with Crippen molar-refractivity contribution in [3.05, 3.63) is 22.2 Å². The quantitative estimate of drug-likeness (QED) is 0.754. The second-order valence-corrected chi connectivity index (χ2v) is 5.10. The summed E-state index contributed by atoms with van der Waals surface area (Å²) in [5.41, 5.74) is 5.73. The highest BCUT2D eigenvalue weighted by Gasteiger charge is 2.30. The standard InChI is InChI=1S/C13H22N4O/c1-2-10-15-11(8-12(18)16-10)17-13(9-14)6-4-3-5-7-13/h8H,2-7,9,14H2,1H3,(H2,15,16,17,18). The zero-order valence-electron chi connectivity index (χ0n) is 11.0. The lowest BCUT2D eigenvalue weighted by Crippen LogP contribution is -2.47. The van der Waals surface area contributed by atoms with E-state index >= 15 is 0 Å². The third-order valence-electron chi connectivity index (χ3n) is 3.72. The van der Waals surface area contributed by atoms with Gasteiger partial charge in [-0.25, -0.2) is 4.98 Å². The Bertz CT molecular complexity index is 449. The van der Waals surface area contributed by atoms with Crippen molar-refractivity contribution in [2.45, 2.75) is 51.0 Å². The number of aromatic amines is 1. The largest absolute Gasteiger partial charge is 0.363 e. The Morgan fingerprint density at radius 2 is 2.17 bits per heavy atom. The molecule has 0 unspecified atom stereocenters. The van der Waals surface area contributed by atoms with Crippen LogP contribution in [0.2, 0.25) is 0 Å². The molecule has 5 heteroatoms. The van der Waals surface area contributed by atoms with Gasteiger partial charge in [-0.3, -0.25) is 4.79 Å². The SMILES string of the molecule is CCc1nc(NC2(CN)CCCCC2)cc(=O)[nH]1. The highest BCUT2D eigenvalue weighted by molar-refractivity contribution is 5.37. The average molecular weight is 250 g/mol. The van der Waals surface area contributed by atoms with Crippen LogP contribution in [0.4, 0.5) is 5.82 Å². The van der Waals surface area contributed by atoms with Crippen molar-refractivity contribution in [2.24, 2.45) is 5.73 Å². The maximum atomic E-state index is 11.5. The van der Waals surface area contributed by atoms with Crippen molar-refractivity contribution in [2.75, 3.05) is 11.9 Å². The van der Waals surface area contributed by atoms with Crippen molar-refractivity contribution in [1.29, 1.82) is 0 Å². The van der Waals surface area contributed by atoms with Gasteiger partial charge in [-0.05, 0) is 12.8 Å². The lowest BCUT2D eigenvalue weighted by Gasteiger charge is -2.37. The summed E-state index contributed by atoms with van der Waals surface area (Å²) in [6.07, 6.45) is 6.48. The Morgan fingerprint density at radius 3 is 2.78 bits per heavy atom. The molecule has 1 saturated carbocycles. The molecule has 18 heavy (non-hydrogen) atoms. The van der Waals surface area contributed by atoms with Crippen molar-refractivity contribution >= 4 is 5.82 Å². The predicted octanol–water partition coefficient (Wildman–Crippen LogP) is 1.41. The normalized spacial score (nSPS) is 18.6. The number of hydrogen-bond donors (Lipinski definition) is 3. The molecule has 2 rings (SSSR count). The summed E-state index contributed by atoms with van der Waals surface area (Å²) in [4.78, 5) is 18.7. The summed E-state index contributed by atoms with van der Waals surface area (Å²) in [5, 5.41) is 3.40. The van der Waals surface area contributed by atoms with E-state index in [9.17, 15) is 4.79 Å². The van der Waals surface area contributed by atoms with Crippen LogP contribution in [0.15, 0.2) is 10.9 Å². The van der Waals surface area contributed by atoms with Crippen molar-refractivity contribution in [1.82, 2.24) is 9.97 Å². The first-order chi connectivity index (χ1) is 8.67. The molecule has 0 aliphatic heterocycles. The van der Waals surface area contributed by atoms with Crippen LogP contribution in [0.1, 0.15) is 44.9 Å². The Morgan fingerprint density at radius 1 is 1.44 bits per heavy atom. The van der Waals surface area contributed by atoms with Gasteiger partial charge < -0.3 is 16.0 Å². The van der Waals surface area contributed by atoms with Crippen molar-refractivity contribution < 1.29 is 0 Å². The number of aryl methyl sites for hydroxylation is 1. The Hall–Kier alpha value is -1.36. The van der Waals surface area contributed by atoms with Crippen LogP contribution in [-0.2, 0) is 6.42 Å². The maximum Gasteiger partial charge on any atom is 0.252 e. The van der Waals surface area contributed by atoms with Gasteiger partial charge >= 0.3 is 0 Å². The minimum atomic E-state index is -0.104. The maximum absolute atomic E-state index is 11.5. The first-order valence-corrected chi connectivity index (χ1v) is 6.76. The number of H-pyrrole nitrogens is 1. The lowest BCUT2D eigenvalue weighted by molar-refractivity contribution is 0.330. The number of nitrogens with zero attached hydrogens (tertiary/aromatic N) is 1. The average Bonchev–Trinajstić information content (AvgIpc) is 2.39. The topological polar surface area (TPSA) is 83.8 Å². The molecule has 1 aliphatic carbocycles. The van der Waals surface area contributed by atoms with Crippen LogP contribution in [0.25, 0.3) is 0 Å². The molecule has 5 nitrogen and oxygen atoms in total. The van der Waals surface area contributed by atoms with Gasteiger partial charge in [-0.1, -0.05) is 26.2 Å². The second-order valence-electron chi connectivity index (χ2n) is 5.10. The fraction of sp³-hybridized carbons (Fsp3) is 0.692. The monoisotopic (exact) mass is 250 g/mol. The number of rotatable bonds is 4. The van der Waals surface area contributed by atoms with E-state index in [0.717, 1.165) is 19.3 Å². The molecule has 100 valence electrons. The minimum absolute atomic E-state index is 0.0793. The summed E-state index contributed by atoms with van der Waals surface area (Å²) in [6, 6.07) is 1.52. The molecule has 1 heterocycles. The molecule has 0 bridgehead atoms. The molecular formula is C13H22N4O. The number of hydrogen-bond acceptors (Lipinski definition) is 4.